The van der Waals surface area contributed by atoms with Crippen LogP contribution in [0.4, 0.5) is 0 Å². The molecule has 0 aliphatic carbocycles. The molecule has 0 aromatic rings. The van der Waals surface area contributed by atoms with E-state index in [1.54, 1.807) is 0 Å². The van der Waals surface area contributed by atoms with Gasteiger partial charge in [-0.25, -0.2) is 0 Å². The van der Waals surface area contributed by atoms with Crippen LogP contribution in [0, 0.1) is 0 Å². The Morgan fingerprint density at radius 1 is 1.58 bits per heavy atom. The van der Waals surface area contributed by atoms with Crippen LogP contribution in [-0.2, 0) is 9.59 Å². The quantitative estimate of drug-likeness (QED) is 0.352. The maximum Gasteiger partial charge on any atom is 0.320 e. The molecule has 0 aliphatic heterocycles. The summed E-state index contributed by atoms with van der Waals surface area (Å²) in [6, 6.07) is -0.777. The average molecular weight is 174 g/mol. The van der Waals surface area contributed by atoms with E-state index in [2.05, 4.69) is 5.32 Å². The second kappa shape index (κ2) is 6.60. The van der Waals surface area contributed by atoms with Gasteiger partial charge in [-0.15, -0.1) is 0 Å². The van der Waals surface area contributed by atoms with E-state index in [0.29, 0.717) is 25.8 Å². The molecule has 0 radical (unpaired) electrons. The molecular formula is C7H14N2O3. The highest BCUT2D eigenvalue weighted by Gasteiger charge is 2.09. The highest BCUT2D eigenvalue weighted by molar-refractivity contribution is 5.72. The van der Waals surface area contributed by atoms with Gasteiger partial charge in [0, 0.05) is 6.54 Å². The number of carboxylic acid groups (broad SMARTS) is 1. The molecule has 0 heterocycles. The number of amides is 1. The van der Waals surface area contributed by atoms with E-state index in [4.69, 9.17) is 10.8 Å². The van der Waals surface area contributed by atoms with Gasteiger partial charge in [0.2, 0.25) is 6.41 Å². The highest BCUT2D eigenvalue weighted by Crippen LogP contribution is 1.97. The van der Waals surface area contributed by atoms with Gasteiger partial charge in [0.05, 0.1) is 0 Å². The van der Waals surface area contributed by atoms with Crippen molar-refractivity contribution in [3.05, 3.63) is 0 Å². The van der Waals surface area contributed by atoms with Gasteiger partial charge in [0.15, 0.2) is 0 Å². The number of carboxylic acids is 1. The van der Waals surface area contributed by atoms with Crippen molar-refractivity contribution < 1.29 is 14.7 Å². The summed E-state index contributed by atoms with van der Waals surface area (Å²) < 4.78 is 0. The highest BCUT2D eigenvalue weighted by atomic mass is 16.4. The number of hydrogen-bond donors (Lipinski definition) is 3. The van der Waals surface area contributed by atoms with Crippen molar-refractivity contribution in [1.29, 1.82) is 0 Å². The summed E-state index contributed by atoms with van der Waals surface area (Å²) in [7, 11) is 0. The minimum Gasteiger partial charge on any atom is -0.480 e. The van der Waals surface area contributed by atoms with Crippen molar-refractivity contribution in [2.24, 2.45) is 5.73 Å². The molecule has 5 nitrogen and oxygen atoms in total. The van der Waals surface area contributed by atoms with Gasteiger partial charge in [-0.1, -0.05) is 0 Å². The fraction of sp³-hybridized carbons (Fsp3) is 0.714. The first-order valence-electron chi connectivity index (χ1n) is 3.84. The fourth-order valence-electron chi connectivity index (χ4n) is 0.774. The van der Waals surface area contributed by atoms with E-state index in [0.717, 1.165) is 6.42 Å². The molecule has 0 saturated carbocycles. The van der Waals surface area contributed by atoms with Gasteiger partial charge in [0.25, 0.3) is 0 Å². The summed E-state index contributed by atoms with van der Waals surface area (Å²) in [4.78, 5) is 20.0. The molecule has 4 N–H and O–H groups in total. The lowest BCUT2D eigenvalue weighted by Crippen LogP contribution is -2.30. The zero-order valence-corrected chi connectivity index (χ0v) is 6.82. The third-order valence-electron chi connectivity index (χ3n) is 1.49. The normalized spacial score (nSPS) is 12.1. The Bertz CT molecular complexity index is 150. The van der Waals surface area contributed by atoms with Gasteiger partial charge >= 0.3 is 5.97 Å². The van der Waals surface area contributed by atoms with Crippen LogP contribution in [0.15, 0.2) is 0 Å². The number of carbonyl (C=O) groups excluding carboxylic acids is 1. The zero-order valence-electron chi connectivity index (χ0n) is 6.82. The number of nitrogens with two attached hydrogens (primary N) is 1. The van der Waals surface area contributed by atoms with Gasteiger partial charge in [-0.05, 0) is 19.3 Å². The van der Waals surface area contributed by atoms with Crippen molar-refractivity contribution in [3.63, 3.8) is 0 Å². The van der Waals surface area contributed by atoms with Crippen molar-refractivity contribution in [2.75, 3.05) is 6.54 Å². The molecule has 1 atom stereocenters. The average Bonchev–Trinajstić information content (AvgIpc) is 2.03. The third-order valence-corrected chi connectivity index (χ3v) is 1.49. The monoisotopic (exact) mass is 174 g/mol. The first-order chi connectivity index (χ1) is 5.68. The lowest BCUT2D eigenvalue weighted by molar-refractivity contribution is -0.138. The summed E-state index contributed by atoms with van der Waals surface area (Å²) >= 11 is 0. The number of aliphatic carboxylic acids is 1. The van der Waals surface area contributed by atoms with Crippen LogP contribution in [0.3, 0.4) is 0 Å². The number of unbranched alkanes of at least 4 members (excludes halogenated alkanes) is 1. The van der Waals surface area contributed by atoms with Gasteiger partial charge < -0.3 is 16.2 Å². The summed E-state index contributed by atoms with van der Waals surface area (Å²) in [6.07, 6.45) is 2.56. The Balaban J connectivity index is 3.19. The Kier molecular flexibility index (Phi) is 6.00. The fourth-order valence-corrected chi connectivity index (χ4v) is 0.774. The maximum atomic E-state index is 10.2. The van der Waals surface area contributed by atoms with E-state index in [9.17, 15) is 9.59 Å². The Hall–Kier alpha value is -1.10. The zero-order chi connectivity index (χ0) is 9.40. The molecule has 5 heteroatoms. The molecule has 0 fully saturated rings. The van der Waals surface area contributed by atoms with Crippen LogP contribution in [-0.4, -0.2) is 30.1 Å². The van der Waals surface area contributed by atoms with Crippen LogP contribution in [0.1, 0.15) is 19.3 Å². The Morgan fingerprint density at radius 2 is 2.25 bits per heavy atom. The van der Waals surface area contributed by atoms with Crippen LogP contribution < -0.4 is 11.1 Å². The van der Waals surface area contributed by atoms with Gasteiger partial charge in [-0.2, -0.15) is 0 Å². The Morgan fingerprint density at radius 3 is 2.75 bits per heavy atom. The van der Waals surface area contributed by atoms with Crippen LogP contribution >= 0.6 is 0 Å². The molecule has 0 aromatic heterocycles. The second-order valence-corrected chi connectivity index (χ2v) is 2.51. The maximum absolute atomic E-state index is 10.2. The standard InChI is InChI=1S/C7H14N2O3/c8-6(7(11)12)3-1-2-4-9-5-10/h5-6H,1-4,8H2,(H,9,10)(H,11,12). The van der Waals surface area contributed by atoms with Crippen molar-refractivity contribution in [3.8, 4) is 0 Å². The largest absolute Gasteiger partial charge is 0.480 e. The molecule has 0 aliphatic rings. The number of rotatable bonds is 7. The van der Waals surface area contributed by atoms with Crippen molar-refractivity contribution in [2.45, 2.75) is 25.3 Å². The molecule has 0 spiro atoms. The van der Waals surface area contributed by atoms with Crippen molar-refractivity contribution >= 4 is 12.4 Å². The molecule has 1 amide bonds. The predicted molar refractivity (Wildman–Crippen MR) is 43.5 cm³/mol. The van der Waals surface area contributed by atoms with E-state index in [-0.39, 0.29) is 0 Å². The van der Waals surface area contributed by atoms with Crippen LogP contribution in [0.5, 0.6) is 0 Å². The number of carbonyl (C=O) groups is 2. The van der Waals surface area contributed by atoms with Crippen LogP contribution in [0.2, 0.25) is 0 Å². The summed E-state index contributed by atoms with van der Waals surface area (Å²) in [5.41, 5.74) is 5.24. The van der Waals surface area contributed by atoms with Gasteiger partial charge in [-0.3, -0.25) is 9.59 Å². The topological polar surface area (TPSA) is 92.4 Å². The molecule has 0 saturated heterocycles. The minimum absolute atomic E-state index is 0.454. The molecule has 70 valence electrons. The summed E-state index contributed by atoms with van der Waals surface area (Å²) in [5, 5.41) is 10.9. The third kappa shape index (κ3) is 5.67. The first kappa shape index (κ1) is 10.9. The molecule has 0 bridgehead atoms. The lowest BCUT2D eigenvalue weighted by atomic mass is 10.1. The van der Waals surface area contributed by atoms with Crippen molar-refractivity contribution in [1.82, 2.24) is 5.32 Å². The molecule has 12 heavy (non-hydrogen) atoms. The smallest absolute Gasteiger partial charge is 0.320 e. The molecule has 0 rings (SSSR count). The summed E-state index contributed by atoms with van der Waals surface area (Å²) in [5.74, 6) is -0.974. The van der Waals surface area contributed by atoms with E-state index in [1.807, 2.05) is 0 Å². The summed E-state index contributed by atoms with van der Waals surface area (Å²) in [6.45, 7) is 0.579. The molecular weight excluding hydrogens is 160 g/mol. The lowest BCUT2D eigenvalue weighted by Gasteiger charge is -2.04. The predicted octanol–water partition coefficient (Wildman–Crippen LogP) is -0.685. The number of nitrogens with one attached hydrogen (secondary N) is 1. The van der Waals surface area contributed by atoms with Gasteiger partial charge in [0.1, 0.15) is 6.04 Å². The first-order valence-corrected chi connectivity index (χ1v) is 3.84. The van der Waals surface area contributed by atoms with E-state index in [1.165, 1.54) is 0 Å². The Labute approximate surface area is 70.9 Å². The second-order valence-electron chi connectivity index (χ2n) is 2.51. The number of hydrogen-bond acceptors (Lipinski definition) is 3. The molecule has 0 aromatic carbocycles. The van der Waals surface area contributed by atoms with Crippen LogP contribution in [0.25, 0.3) is 0 Å². The minimum atomic E-state index is -0.974. The molecule has 1 unspecified atom stereocenters. The van der Waals surface area contributed by atoms with E-state index < -0.39 is 12.0 Å². The van der Waals surface area contributed by atoms with E-state index >= 15 is 0 Å². The SMILES string of the molecule is NC(CCCCNC=O)C(=O)O.